The standard InChI is InChI=1S/C26H33N3O3/c30-23(15-26-12-17-9-18(13-26)11-19(10-17)14-26)27-16-24(31)29-7-5-20(6-8-29)25-28-21-3-1-2-4-22(21)32-25/h1-4,17-20H,5-16H2,(H,27,30). The molecular weight excluding hydrogens is 402 g/mol. The number of rotatable bonds is 5. The molecule has 6 heteroatoms. The van der Waals surface area contributed by atoms with Gasteiger partial charge in [-0.15, -0.1) is 0 Å². The summed E-state index contributed by atoms with van der Waals surface area (Å²) in [5.74, 6) is 3.66. The van der Waals surface area contributed by atoms with Gasteiger partial charge in [0.25, 0.3) is 0 Å². The van der Waals surface area contributed by atoms with Crippen LogP contribution in [0.15, 0.2) is 28.7 Å². The molecule has 2 aromatic rings. The number of piperidine rings is 1. The Balaban J connectivity index is 0.985. The normalized spacial score (nSPS) is 31.9. The van der Waals surface area contributed by atoms with Gasteiger partial charge in [-0.05, 0) is 86.7 Å². The van der Waals surface area contributed by atoms with E-state index in [-0.39, 0.29) is 29.7 Å². The number of benzene rings is 1. The maximum Gasteiger partial charge on any atom is 0.241 e. The lowest BCUT2D eigenvalue weighted by molar-refractivity contribution is -0.136. The molecule has 6 nitrogen and oxygen atoms in total. The Morgan fingerprint density at radius 1 is 1.03 bits per heavy atom. The summed E-state index contributed by atoms with van der Waals surface area (Å²) < 4.78 is 5.93. The summed E-state index contributed by atoms with van der Waals surface area (Å²) in [5, 5.41) is 2.95. The number of hydrogen-bond acceptors (Lipinski definition) is 4. The van der Waals surface area contributed by atoms with E-state index in [1.807, 2.05) is 29.2 Å². The van der Waals surface area contributed by atoms with Gasteiger partial charge in [-0.1, -0.05) is 12.1 Å². The van der Waals surface area contributed by atoms with E-state index in [1.54, 1.807) is 0 Å². The summed E-state index contributed by atoms with van der Waals surface area (Å²) in [4.78, 5) is 32.0. The molecule has 0 unspecified atom stereocenters. The number of nitrogens with zero attached hydrogens (tertiary/aromatic N) is 2. The van der Waals surface area contributed by atoms with E-state index in [2.05, 4.69) is 10.3 Å². The number of oxazole rings is 1. The van der Waals surface area contributed by atoms with Gasteiger partial charge < -0.3 is 14.6 Å². The number of para-hydroxylation sites is 2. The van der Waals surface area contributed by atoms with Crippen molar-refractivity contribution in [2.45, 2.75) is 63.7 Å². The summed E-state index contributed by atoms with van der Waals surface area (Å²) in [5.41, 5.74) is 1.94. The van der Waals surface area contributed by atoms with Crippen molar-refractivity contribution < 1.29 is 14.0 Å². The lowest BCUT2D eigenvalue weighted by Crippen LogP contribution is -2.49. The van der Waals surface area contributed by atoms with Gasteiger partial charge in [0, 0.05) is 25.4 Å². The first kappa shape index (κ1) is 20.3. The highest BCUT2D eigenvalue weighted by Crippen LogP contribution is 2.61. The van der Waals surface area contributed by atoms with Crippen molar-refractivity contribution in [3.63, 3.8) is 0 Å². The number of carbonyl (C=O) groups excluding carboxylic acids is 2. The highest BCUT2D eigenvalue weighted by molar-refractivity contribution is 5.85. The van der Waals surface area contributed by atoms with Gasteiger partial charge >= 0.3 is 0 Å². The molecule has 4 aliphatic carbocycles. The molecule has 1 aromatic heterocycles. The molecule has 1 N–H and O–H groups in total. The van der Waals surface area contributed by atoms with Gasteiger partial charge in [0.2, 0.25) is 11.8 Å². The molecule has 0 atom stereocenters. The quantitative estimate of drug-likeness (QED) is 0.762. The second kappa shape index (κ2) is 7.89. The Morgan fingerprint density at radius 3 is 2.34 bits per heavy atom. The average molecular weight is 436 g/mol. The minimum atomic E-state index is 0.0277. The third-order valence-electron chi connectivity index (χ3n) is 8.64. The van der Waals surface area contributed by atoms with Crippen LogP contribution in [-0.2, 0) is 9.59 Å². The molecule has 2 amide bonds. The molecule has 1 saturated heterocycles. The number of likely N-dealkylation sites (tertiary alicyclic amines) is 1. The molecule has 170 valence electrons. The number of fused-ring (bicyclic) bond motifs is 1. The van der Waals surface area contributed by atoms with E-state index < -0.39 is 0 Å². The number of nitrogens with one attached hydrogen (secondary N) is 1. The van der Waals surface area contributed by atoms with Crippen LogP contribution >= 0.6 is 0 Å². The van der Waals surface area contributed by atoms with Crippen molar-refractivity contribution in [1.29, 1.82) is 0 Å². The highest BCUT2D eigenvalue weighted by Gasteiger charge is 2.51. The third kappa shape index (κ3) is 3.82. The Labute approximate surface area is 189 Å². The number of amides is 2. The third-order valence-corrected chi connectivity index (χ3v) is 8.64. The van der Waals surface area contributed by atoms with E-state index in [0.29, 0.717) is 19.5 Å². The monoisotopic (exact) mass is 435 g/mol. The minimum absolute atomic E-state index is 0.0277. The van der Waals surface area contributed by atoms with Gasteiger partial charge in [0.15, 0.2) is 11.5 Å². The lowest BCUT2D eigenvalue weighted by atomic mass is 9.49. The zero-order valence-corrected chi connectivity index (χ0v) is 18.7. The van der Waals surface area contributed by atoms with Gasteiger partial charge in [0.05, 0.1) is 6.54 Å². The first-order valence-electron chi connectivity index (χ1n) is 12.5. The van der Waals surface area contributed by atoms with Crippen molar-refractivity contribution in [3.05, 3.63) is 30.2 Å². The molecule has 5 fully saturated rings. The summed E-state index contributed by atoms with van der Waals surface area (Å²) in [7, 11) is 0. The largest absolute Gasteiger partial charge is 0.440 e. The summed E-state index contributed by atoms with van der Waals surface area (Å²) in [6, 6.07) is 7.83. The molecule has 0 radical (unpaired) electrons. The Kier molecular flexibility index (Phi) is 4.99. The lowest BCUT2D eigenvalue weighted by Gasteiger charge is -2.56. The fourth-order valence-electron chi connectivity index (χ4n) is 7.64. The Hall–Kier alpha value is -2.37. The van der Waals surface area contributed by atoms with Crippen molar-refractivity contribution >= 4 is 22.9 Å². The Bertz CT molecular complexity index is 952. The SMILES string of the molecule is O=C(CC12CC3CC(CC(C3)C1)C2)NCC(=O)N1CCC(c2nc3ccccc3o2)CC1. The fraction of sp³-hybridized carbons (Fsp3) is 0.654. The van der Waals surface area contributed by atoms with Gasteiger partial charge in [-0.2, -0.15) is 0 Å². The van der Waals surface area contributed by atoms with E-state index >= 15 is 0 Å². The number of aromatic nitrogens is 1. The zero-order chi connectivity index (χ0) is 21.7. The second-order valence-corrected chi connectivity index (χ2v) is 11.0. The molecule has 32 heavy (non-hydrogen) atoms. The van der Waals surface area contributed by atoms with Crippen LogP contribution in [0.1, 0.15) is 69.6 Å². The predicted octanol–water partition coefficient (Wildman–Crippen LogP) is 4.26. The van der Waals surface area contributed by atoms with Crippen molar-refractivity contribution in [2.75, 3.05) is 19.6 Å². The first-order valence-corrected chi connectivity index (χ1v) is 12.5. The van der Waals surface area contributed by atoms with E-state index in [4.69, 9.17) is 4.42 Å². The summed E-state index contributed by atoms with van der Waals surface area (Å²) in [6.45, 7) is 1.50. The minimum Gasteiger partial charge on any atom is -0.440 e. The first-order chi connectivity index (χ1) is 15.6. The maximum atomic E-state index is 12.7. The maximum absolute atomic E-state index is 12.7. The van der Waals surface area contributed by atoms with E-state index in [1.165, 1.54) is 38.5 Å². The van der Waals surface area contributed by atoms with Gasteiger partial charge in [0.1, 0.15) is 5.52 Å². The molecule has 1 aromatic carbocycles. The smallest absolute Gasteiger partial charge is 0.241 e. The van der Waals surface area contributed by atoms with Crippen LogP contribution in [0, 0.1) is 23.2 Å². The molecule has 5 aliphatic rings. The van der Waals surface area contributed by atoms with Crippen molar-refractivity contribution in [2.24, 2.45) is 23.2 Å². The van der Waals surface area contributed by atoms with Crippen molar-refractivity contribution in [3.8, 4) is 0 Å². The van der Waals surface area contributed by atoms with Crippen LogP contribution in [0.4, 0.5) is 0 Å². The molecule has 4 saturated carbocycles. The van der Waals surface area contributed by atoms with Crippen LogP contribution in [0.25, 0.3) is 11.1 Å². The van der Waals surface area contributed by atoms with Crippen LogP contribution < -0.4 is 5.32 Å². The Morgan fingerprint density at radius 2 is 1.69 bits per heavy atom. The summed E-state index contributed by atoms with van der Waals surface area (Å²) >= 11 is 0. The molecule has 0 spiro atoms. The molecule has 4 bridgehead atoms. The van der Waals surface area contributed by atoms with Crippen LogP contribution in [0.2, 0.25) is 0 Å². The molecular formula is C26H33N3O3. The highest BCUT2D eigenvalue weighted by atomic mass is 16.3. The second-order valence-electron chi connectivity index (χ2n) is 11.0. The molecule has 7 rings (SSSR count). The van der Waals surface area contributed by atoms with Crippen LogP contribution in [-0.4, -0.2) is 41.3 Å². The number of hydrogen-bond donors (Lipinski definition) is 1. The van der Waals surface area contributed by atoms with Crippen LogP contribution in [0.5, 0.6) is 0 Å². The van der Waals surface area contributed by atoms with Crippen LogP contribution in [0.3, 0.4) is 0 Å². The van der Waals surface area contributed by atoms with Gasteiger partial charge in [-0.3, -0.25) is 9.59 Å². The summed E-state index contributed by atoms with van der Waals surface area (Å²) in [6.07, 6.45) is 10.1. The van der Waals surface area contributed by atoms with E-state index in [0.717, 1.165) is 47.6 Å². The zero-order valence-electron chi connectivity index (χ0n) is 18.7. The van der Waals surface area contributed by atoms with Gasteiger partial charge in [-0.25, -0.2) is 4.98 Å². The molecule has 1 aliphatic heterocycles. The topological polar surface area (TPSA) is 75.4 Å². The predicted molar refractivity (Wildman–Crippen MR) is 121 cm³/mol. The average Bonchev–Trinajstić information content (AvgIpc) is 3.21. The number of carbonyl (C=O) groups is 2. The molecule has 2 heterocycles. The van der Waals surface area contributed by atoms with E-state index in [9.17, 15) is 9.59 Å². The van der Waals surface area contributed by atoms with Crippen molar-refractivity contribution in [1.82, 2.24) is 15.2 Å². The fourth-order valence-corrected chi connectivity index (χ4v) is 7.64.